The minimum atomic E-state index is -4.74. The monoisotopic (exact) mass is 662 g/mol. The van der Waals surface area contributed by atoms with Gasteiger partial charge < -0.3 is 34.9 Å². The Morgan fingerprint density at radius 3 is 2.40 bits per heavy atom. The molecule has 15 nitrogen and oxygen atoms in total. The Morgan fingerprint density at radius 2 is 1.77 bits per heavy atom. The number of aromatic nitrogens is 4. The molecule has 3 heterocycles. The van der Waals surface area contributed by atoms with E-state index in [-0.39, 0.29) is 45.1 Å². The van der Waals surface area contributed by atoms with Crippen LogP contribution in [0.1, 0.15) is 65.0 Å². The summed E-state index contributed by atoms with van der Waals surface area (Å²) in [5, 5.41) is 27.2. The van der Waals surface area contributed by atoms with Crippen molar-refractivity contribution in [2.75, 3.05) is 17.4 Å². The number of ether oxygens (including phenoxy) is 1. The quantitative estimate of drug-likeness (QED) is 0.160. The zero-order valence-electron chi connectivity index (χ0n) is 23.8. The first-order valence-electron chi connectivity index (χ1n) is 14.2. The van der Waals surface area contributed by atoms with Gasteiger partial charge in [-0.25, -0.2) is 9.78 Å². The lowest BCUT2D eigenvalue weighted by Crippen LogP contribution is -2.65. The summed E-state index contributed by atoms with van der Waals surface area (Å²) in [5.41, 5.74) is 0.364. The summed E-state index contributed by atoms with van der Waals surface area (Å²) in [7, 11) is -8.96. The Balaban J connectivity index is 1.18. The van der Waals surface area contributed by atoms with Crippen molar-refractivity contribution in [2.24, 2.45) is 16.7 Å². The molecule has 1 aliphatic heterocycles. The zero-order valence-corrected chi connectivity index (χ0v) is 26.3. The molecule has 5 aliphatic rings. The molecular weight excluding hydrogens is 626 g/mol. The SMILES string of the molecule is C[C@]12CC3CC(NC(=O)Nc4nc(Cl)nc5c4ncn5[C@@H]4O[C@H](CCP(=O)(O)CP(=O)(O)O)C(O)C4O)(C1)C[C@@](C)(C3)C2. The lowest BCUT2D eigenvalue weighted by molar-refractivity contribution is -0.113. The smallest absolute Gasteiger partial charge is 0.335 e. The summed E-state index contributed by atoms with van der Waals surface area (Å²) in [5.74, 6) is -0.563. The summed E-state index contributed by atoms with van der Waals surface area (Å²) < 4.78 is 30.5. The molecule has 238 valence electrons. The normalized spacial score (nSPS) is 38.4. The highest BCUT2D eigenvalue weighted by molar-refractivity contribution is 7.72. The third-order valence-electron chi connectivity index (χ3n) is 9.41. The van der Waals surface area contributed by atoms with Gasteiger partial charge >= 0.3 is 13.6 Å². The third-order valence-corrected chi connectivity index (χ3v) is 13.8. The highest BCUT2D eigenvalue weighted by atomic mass is 35.5. The number of anilines is 1. The number of rotatable bonds is 8. The average molecular weight is 663 g/mol. The van der Waals surface area contributed by atoms with Crippen LogP contribution in [0.3, 0.4) is 0 Å². The van der Waals surface area contributed by atoms with E-state index in [1.807, 2.05) is 0 Å². The van der Waals surface area contributed by atoms with Crippen LogP contribution >= 0.6 is 26.6 Å². The first-order chi connectivity index (χ1) is 19.9. The largest absolute Gasteiger partial charge is 0.388 e. The fourth-order valence-corrected chi connectivity index (χ4v) is 12.7. The van der Waals surface area contributed by atoms with E-state index in [1.54, 1.807) is 0 Å². The van der Waals surface area contributed by atoms with Crippen LogP contribution in [-0.4, -0.2) is 86.4 Å². The molecule has 18 heteroatoms. The lowest BCUT2D eigenvalue weighted by atomic mass is 9.43. The second-order valence-corrected chi connectivity index (χ2v) is 18.8. The number of hydrogen-bond donors (Lipinski definition) is 7. The van der Waals surface area contributed by atoms with E-state index >= 15 is 0 Å². The molecule has 9 atom stereocenters. The van der Waals surface area contributed by atoms with Crippen molar-refractivity contribution in [3.05, 3.63) is 11.6 Å². The number of carbonyl (C=O) groups is 1. The number of halogens is 1. The highest BCUT2D eigenvalue weighted by Crippen LogP contribution is 2.66. The number of nitrogens with one attached hydrogen (secondary N) is 2. The van der Waals surface area contributed by atoms with Crippen LogP contribution < -0.4 is 10.6 Å². The van der Waals surface area contributed by atoms with E-state index in [1.165, 1.54) is 30.2 Å². The van der Waals surface area contributed by atoms with Crippen LogP contribution in [0.2, 0.25) is 5.28 Å². The van der Waals surface area contributed by atoms with Gasteiger partial charge in [0.25, 0.3) is 0 Å². The van der Waals surface area contributed by atoms with Gasteiger partial charge in [-0.3, -0.25) is 19.0 Å². The summed E-state index contributed by atoms with van der Waals surface area (Å²) in [4.78, 5) is 54.1. The molecule has 43 heavy (non-hydrogen) atoms. The van der Waals surface area contributed by atoms with Crippen LogP contribution in [0, 0.1) is 16.7 Å². The van der Waals surface area contributed by atoms with Gasteiger partial charge in [-0.1, -0.05) is 13.8 Å². The van der Waals surface area contributed by atoms with Gasteiger partial charge in [-0.05, 0) is 73.3 Å². The van der Waals surface area contributed by atoms with Crippen molar-refractivity contribution in [2.45, 2.75) is 88.9 Å². The molecule has 5 unspecified atom stereocenters. The maximum absolute atomic E-state index is 13.4. The summed E-state index contributed by atoms with van der Waals surface area (Å²) >= 11 is 6.22. The minimum absolute atomic E-state index is 0.0524. The predicted octanol–water partition coefficient (Wildman–Crippen LogP) is 2.77. The first kappa shape index (κ1) is 31.3. The van der Waals surface area contributed by atoms with E-state index in [0.717, 1.165) is 19.3 Å². The highest BCUT2D eigenvalue weighted by Gasteiger charge is 2.60. The molecule has 4 saturated carbocycles. The molecule has 0 radical (unpaired) electrons. The van der Waals surface area contributed by atoms with E-state index in [0.29, 0.717) is 5.92 Å². The van der Waals surface area contributed by atoms with Gasteiger partial charge in [0.05, 0.1) is 12.4 Å². The van der Waals surface area contributed by atoms with Crippen molar-refractivity contribution in [3.8, 4) is 0 Å². The second-order valence-electron chi connectivity index (χ2n) is 13.9. The maximum atomic E-state index is 13.4. The molecule has 4 bridgehead atoms. The number of urea groups is 1. The number of fused-ring (bicyclic) bond motifs is 1. The lowest BCUT2D eigenvalue weighted by Gasteiger charge is -2.65. The molecule has 2 amide bonds. The molecule has 2 aromatic heterocycles. The van der Waals surface area contributed by atoms with E-state index in [2.05, 4.69) is 39.4 Å². The van der Waals surface area contributed by atoms with Gasteiger partial charge in [0.1, 0.15) is 18.1 Å². The number of carbonyl (C=O) groups excluding carboxylic acids is 1. The molecule has 0 spiro atoms. The molecule has 4 aliphatic carbocycles. The standard InChI is InChI=1S/C25H37ClN6O9P2/c1-23-5-13-6-24(2,8-23)10-25(7-13,9-23)31-22(35)29-18-15-19(30-21(26)28-18)32(11-27-15)20-17(34)16(33)14(41-20)3-4-42(36,37)12-43(38,39)40/h11,13-14,16-17,20,33-34H,3-10,12H2,1-2H3,(H,36,37)(H2,38,39,40)(H2,28,29,30,31,35)/t13?,14-,16?,17?,20-,23-,24+,25?/m1/s1. The predicted molar refractivity (Wildman–Crippen MR) is 155 cm³/mol. The second kappa shape index (κ2) is 10.4. The van der Waals surface area contributed by atoms with Crippen LogP contribution in [0.4, 0.5) is 10.6 Å². The molecular formula is C25H37ClN6O9P2. The number of imidazole rings is 1. The Kier molecular flexibility index (Phi) is 7.60. The maximum Gasteiger partial charge on any atom is 0.335 e. The van der Waals surface area contributed by atoms with Gasteiger partial charge in [-0.15, -0.1) is 0 Å². The molecule has 2 aromatic rings. The van der Waals surface area contributed by atoms with Crippen LogP contribution in [0.5, 0.6) is 0 Å². The minimum Gasteiger partial charge on any atom is -0.388 e. The van der Waals surface area contributed by atoms with Crippen LogP contribution in [0.25, 0.3) is 11.2 Å². The topological polar surface area (TPSA) is 229 Å². The van der Waals surface area contributed by atoms with Gasteiger partial charge in [0, 0.05) is 11.7 Å². The molecule has 7 rings (SSSR count). The van der Waals surface area contributed by atoms with Gasteiger partial charge in [0.15, 0.2) is 23.2 Å². The van der Waals surface area contributed by atoms with Crippen molar-refractivity contribution in [1.82, 2.24) is 24.8 Å². The van der Waals surface area contributed by atoms with Crippen LogP contribution in [0.15, 0.2) is 6.33 Å². The zero-order chi connectivity index (χ0) is 31.2. The molecule has 5 fully saturated rings. The number of nitrogens with zero attached hydrogens (tertiary/aromatic N) is 4. The Labute approximate surface area is 252 Å². The Hall–Kier alpha value is -1.67. The average Bonchev–Trinajstić information content (AvgIpc) is 3.34. The van der Waals surface area contributed by atoms with Gasteiger partial charge in [0.2, 0.25) is 12.7 Å². The summed E-state index contributed by atoms with van der Waals surface area (Å²) in [6.07, 6.45) is 1.45. The molecule has 0 aromatic carbocycles. The number of aliphatic hydroxyl groups is 2. The fraction of sp³-hybridized carbons (Fsp3) is 0.760. The van der Waals surface area contributed by atoms with Crippen LogP contribution in [-0.2, 0) is 13.9 Å². The fourth-order valence-electron chi connectivity index (χ4n) is 9.02. The molecule has 7 N–H and O–H groups in total. The van der Waals surface area contributed by atoms with E-state index in [4.69, 9.17) is 26.1 Å². The number of aliphatic hydroxyl groups excluding tert-OH is 2. The van der Waals surface area contributed by atoms with Crippen molar-refractivity contribution < 1.29 is 43.6 Å². The van der Waals surface area contributed by atoms with E-state index < -0.39 is 57.6 Å². The third kappa shape index (κ3) is 6.25. The van der Waals surface area contributed by atoms with Crippen molar-refractivity contribution in [1.29, 1.82) is 0 Å². The summed E-state index contributed by atoms with van der Waals surface area (Å²) in [6.45, 7) is 4.63. The first-order valence-corrected chi connectivity index (χ1v) is 18.4. The summed E-state index contributed by atoms with van der Waals surface area (Å²) in [6, 6.07) is -0.434. The van der Waals surface area contributed by atoms with Crippen molar-refractivity contribution >= 4 is 49.6 Å². The Bertz CT molecular complexity index is 1530. The Morgan fingerprint density at radius 1 is 1.09 bits per heavy atom. The number of hydrogen-bond acceptors (Lipinski definition) is 9. The van der Waals surface area contributed by atoms with Crippen molar-refractivity contribution in [3.63, 3.8) is 0 Å². The molecule has 1 saturated heterocycles. The van der Waals surface area contributed by atoms with Gasteiger partial charge in [-0.2, -0.15) is 9.97 Å². The van der Waals surface area contributed by atoms with E-state index in [9.17, 15) is 29.0 Å². The number of amides is 2.